The van der Waals surface area contributed by atoms with E-state index < -0.39 is 16.0 Å². The first-order valence-electron chi connectivity index (χ1n) is 4.77. The number of esters is 1. The lowest BCUT2D eigenvalue weighted by atomic mass is 10.4. The van der Waals surface area contributed by atoms with Crippen molar-refractivity contribution in [3.63, 3.8) is 0 Å². The largest absolute Gasteiger partial charge is 0.468 e. The van der Waals surface area contributed by atoms with E-state index in [-0.39, 0.29) is 11.4 Å². The molecule has 100 valence electrons. The van der Waals surface area contributed by atoms with Crippen molar-refractivity contribution in [3.8, 4) is 0 Å². The van der Waals surface area contributed by atoms with Gasteiger partial charge in [-0.05, 0) is 34.1 Å². The topological polar surface area (TPSA) is 63.7 Å². The SMILES string of the molecule is COC(=O)CN(C)S(=O)(=O)c1ccc(Br)cc1Br. The fourth-order valence-electron chi connectivity index (χ4n) is 1.18. The smallest absolute Gasteiger partial charge is 0.321 e. The van der Waals surface area contributed by atoms with Crippen molar-refractivity contribution >= 4 is 47.9 Å². The van der Waals surface area contributed by atoms with Crippen LogP contribution in [0.1, 0.15) is 0 Å². The lowest BCUT2D eigenvalue weighted by molar-refractivity contribution is -0.140. The molecule has 0 aliphatic carbocycles. The molecule has 0 saturated heterocycles. The van der Waals surface area contributed by atoms with Crippen molar-refractivity contribution in [1.82, 2.24) is 4.31 Å². The molecule has 18 heavy (non-hydrogen) atoms. The Kier molecular flexibility index (Phi) is 5.32. The van der Waals surface area contributed by atoms with Gasteiger partial charge >= 0.3 is 5.97 Å². The van der Waals surface area contributed by atoms with E-state index in [0.717, 1.165) is 8.78 Å². The summed E-state index contributed by atoms with van der Waals surface area (Å²) < 4.78 is 30.9. The Hall–Kier alpha value is -0.440. The Labute approximate surface area is 122 Å². The molecule has 0 fully saturated rings. The van der Waals surface area contributed by atoms with Crippen LogP contribution in [-0.4, -0.2) is 39.4 Å². The summed E-state index contributed by atoms with van der Waals surface area (Å²) in [5, 5.41) is 0. The number of hydrogen-bond acceptors (Lipinski definition) is 4. The summed E-state index contributed by atoms with van der Waals surface area (Å²) in [5.74, 6) is -0.616. The van der Waals surface area contributed by atoms with E-state index >= 15 is 0 Å². The predicted molar refractivity (Wildman–Crippen MR) is 73.7 cm³/mol. The van der Waals surface area contributed by atoms with Gasteiger partial charge in [0.15, 0.2) is 0 Å². The van der Waals surface area contributed by atoms with E-state index in [0.29, 0.717) is 4.47 Å². The average molecular weight is 401 g/mol. The van der Waals surface area contributed by atoms with Crippen LogP contribution in [0.3, 0.4) is 0 Å². The molecule has 0 radical (unpaired) electrons. The zero-order valence-corrected chi connectivity index (χ0v) is 13.7. The predicted octanol–water partition coefficient (Wildman–Crippen LogP) is 2.01. The second kappa shape index (κ2) is 6.14. The Balaban J connectivity index is 3.09. The quantitative estimate of drug-likeness (QED) is 0.725. The summed E-state index contributed by atoms with van der Waals surface area (Å²) in [6.45, 7) is -0.332. The minimum absolute atomic E-state index is 0.0945. The number of benzene rings is 1. The number of nitrogens with zero attached hydrogens (tertiary/aromatic N) is 1. The number of rotatable bonds is 4. The van der Waals surface area contributed by atoms with Gasteiger partial charge in [0.1, 0.15) is 6.54 Å². The summed E-state index contributed by atoms with van der Waals surface area (Å²) in [7, 11) is -1.20. The zero-order chi connectivity index (χ0) is 13.9. The Morgan fingerprint density at radius 2 is 2.00 bits per heavy atom. The third kappa shape index (κ3) is 3.53. The van der Waals surface area contributed by atoms with Crippen molar-refractivity contribution in [2.45, 2.75) is 4.90 Å². The van der Waals surface area contributed by atoms with Gasteiger partial charge in [0.2, 0.25) is 10.0 Å². The number of sulfonamides is 1. The van der Waals surface area contributed by atoms with Gasteiger partial charge in [0.05, 0.1) is 12.0 Å². The van der Waals surface area contributed by atoms with Gasteiger partial charge < -0.3 is 4.74 Å². The third-order valence-corrected chi connectivity index (χ3v) is 5.43. The molecule has 8 heteroatoms. The maximum Gasteiger partial charge on any atom is 0.321 e. The highest BCUT2D eigenvalue weighted by Gasteiger charge is 2.25. The zero-order valence-electron chi connectivity index (χ0n) is 9.68. The number of methoxy groups -OCH3 is 1. The molecule has 0 aliphatic rings. The molecule has 0 amide bonds. The van der Waals surface area contributed by atoms with Crippen LogP contribution in [0.2, 0.25) is 0 Å². The van der Waals surface area contributed by atoms with Crippen LogP contribution in [0, 0.1) is 0 Å². The first kappa shape index (κ1) is 15.6. The average Bonchev–Trinajstić information content (AvgIpc) is 2.28. The summed E-state index contributed by atoms with van der Waals surface area (Å²) in [6, 6.07) is 4.69. The number of halogens is 2. The fraction of sp³-hybridized carbons (Fsp3) is 0.300. The molecule has 0 bridgehead atoms. The van der Waals surface area contributed by atoms with Crippen molar-refractivity contribution in [3.05, 3.63) is 27.1 Å². The number of ether oxygens (including phenoxy) is 1. The van der Waals surface area contributed by atoms with Gasteiger partial charge in [-0.1, -0.05) is 15.9 Å². The van der Waals surface area contributed by atoms with Gasteiger partial charge in [-0.15, -0.1) is 0 Å². The molecule has 1 aromatic rings. The van der Waals surface area contributed by atoms with E-state index in [9.17, 15) is 13.2 Å². The standard InChI is InChI=1S/C10H11Br2NO4S/c1-13(6-10(14)17-2)18(15,16)9-4-3-7(11)5-8(9)12/h3-5H,6H2,1-2H3. The minimum Gasteiger partial charge on any atom is -0.468 e. The van der Waals surface area contributed by atoms with Crippen LogP contribution in [0.4, 0.5) is 0 Å². The summed E-state index contributed by atoms with van der Waals surface area (Å²) in [6.07, 6.45) is 0. The highest BCUT2D eigenvalue weighted by molar-refractivity contribution is 9.11. The molecule has 0 spiro atoms. The molecular formula is C10H11Br2NO4S. The van der Waals surface area contributed by atoms with Gasteiger partial charge in [-0.2, -0.15) is 4.31 Å². The monoisotopic (exact) mass is 399 g/mol. The molecule has 0 heterocycles. The summed E-state index contributed by atoms with van der Waals surface area (Å²) in [5.41, 5.74) is 0. The van der Waals surface area contributed by atoms with Crippen molar-refractivity contribution in [2.24, 2.45) is 0 Å². The van der Waals surface area contributed by atoms with Crippen molar-refractivity contribution in [2.75, 3.05) is 20.7 Å². The molecular weight excluding hydrogens is 390 g/mol. The third-order valence-electron chi connectivity index (χ3n) is 2.16. The van der Waals surface area contributed by atoms with Gasteiger partial charge in [-0.3, -0.25) is 4.79 Å². The molecule has 0 atom stereocenters. The van der Waals surface area contributed by atoms with Crippen molar-refractivity contribution < 1.29 is 17.9 Å². The molecule has 1 aromatic carbocycles. The first-order chi connectivity index (χ1) is 8.28. The van der Waals surface area contributed by atoms with Crippen LogP contribution in [-0.2, 0) is 19.6 Å². The van der Waals surface area contributed by atoms with Crippen LogP contribution in [0.25, 0.3) is 0 Å². The number of carbonyl (C=O) groups excluding carboxylic acids is 1. The number of carbonyl (C=O) groups is 1. The van der Waals surface area contributed by atoms with Gasteiger partial charge in [0.25, 0.3) is 0 Å². The van der Waals surface area contributed by atoms with Crippen molar-refractivity contribution in [1.29, 1.82) is 0 Å². The second-order valence-electron chi connectivity index (χ2n) is 3.41. The Morgan fingerprint density at radius 3 is 2.50 bits per heavy atom. The van der Waals surface area contributed by atoms with E-state index in [1.165, 1.54) is 20.2 Å². The Morgan fingerprint density at radius 1 is 1.39 bits per heavy atom. The molecule has 1 rings (SSSR count). The minimum atomic E-state index is -3.73. The summed E-state index contributed by atoms with van der Waals surface area (Å²) >= 11 is 6.42. The highest BCUT2D eigenvalue weighted by Crippen LogP contribution is 2.27. The molecule has 0 saturated carbocycles. The molecule has 0 aromatic heterocycles. The van der Waals surface area contributed by atoms with Crippen LogP contribution < -0.4 is 0 Å². The normalized spacial score (nSPS) is 11.6. The number of hydrogen-bond donors (Lipinski definition) is 0. The molecule has 0 unspecified atom stereocenters. The van der Waals surface area contributed by atoms with E-state index in [1.807, 2.05) is 0 Å². The highest BCUT2D eigenvalue weighted by atomic mass is 79.9. The maximum absolute atomic E-state index is 12.2. The van der Waals surface area contributed by atoms with Crippen LogP contribution in [0.15, 0.2) is 32.0 Å². The van der Waals surface area contributed by atoms with Gasteiger partial charge in [0, 0.05) is 16.0 Å². The maximum atomic E-state index is 12.2. The summed E-state index contributed by atoms with van der Waals surface area (Å²) in [4.78, 5) is 11.2. The van der Waals surface area contributed by atoms with Crippen LogP contribution in [0.5, 0.6) is 0 Å². The van der Waals surface area contributed by atoms with E-state index in [2.05, 4.69) is 36.6 Å². The molecule has 0 aliphatic heterocycles. The lowest BCUT2D eigenvalue weighted by Crippen LogP contribution is -2.32. The molecule has 5 nitrogen and oxygen atoms in total. The number of likely N-dealkylation sites (N-methyl/N-ethyl adjacent to an activating group) is 1. The lowest BCUT2D eigenvalue weighted by Gasteiger charge is -2.16. The fourth-order valence-corrected chi connectivity index (χ4v) is 4.00. The van der Waals surface area contributed by atoms with Crippen LogP contribution >= 0.6 is 31.9 Å². The first-order valence-corrected chi connectivity index (χ1v) is 7.80. The van der Waals surface area contributed by atoms with Gasteiger partial charge in [-0.25, -0.2) is 8.42 Å². The van der Waals surface area contributed by atoms with E-state index in [1.54, 1.807) is 12.1 Å². The van der Waals surface area contributed by atoms with E-state index in [4.69, 9.17) is 0 Å². The molecule has 0 N–H and O–H groups in total. The second-order valence-corrected chi connectivity index (χ2v) is 7.20. The Bertz CT molecular complexity index is 559.